The normalized spacial score (nSPS) is 14.8. The Bertz CT molecular complexity index is 740. The van der Waals surface area contributed by atoms with Crippen LogP contribution in [0.2, 0.25) is 0 Å². The van der Waals surface area contributed by atoms with Crippen LogP contribution in [-0.4, -0.2) is 44.2 Å². The molecule has 0 saturated carbocycles. The molecular formula is C16H22N3O4S+. The van der Waals surface area contributed by atoms with Crippen LogP contribution >= 0.6 is 12.2 Å². The van der Waals surface area contributed by atoms with Crippen LogP contribution in [0.15, 0.2) is 16.5 Å². The van der Waals surface area contributed by atoms with Gasteiger partial charge in [0, 0.05) is 18.4 Å². The minimum absolute atomic E-state index is 0.373. The first kappa shape index (κ1) is 16.8. The van der Waals surface area contributed by atoms with Gasteiger partial charge in [-0.1, -0.05) is 0 Å². The Kier molecular flexibility index (Phi) is 5.06. The molecule has 1 aromatic carbocycles. The van der Waals surface area contributed by atoms with E-state index in [1.165, 1.54) is 17.7 Å². The summed E-state index contributed by atoms with van der Waals surface area (Å²) in [6.07, 6.45) is 2.50. The molecule has 2 aromatic rings. The minimum Gasteiger partial charge on any atom is -0.493 e. The van der Waals surface area contributed by atoms with E-state index in [-0.39, 0.29) is 0 Å². The van der Waals surface area contributed by atoms with E-state index in [4.69, 9.17) is 30.8 Å². The van der Waals surface area contributed by atoms with Crippen LogP contribution < -0.4 is 19.1 Å². The number of methoxy groups -OCH3 is 3. The molecule has 8 heteroatoms. The Morgan fingerprint density at radius 1 is 1.12 bits per heavy atom. The third kappa shape index (κ3) is 3.25. The van der Waals surface area contributed by atoms with Crippen LogP contribution in [0.5, 0.6) is 17.2 Å². The van der Waals surface area contributed by atoms with E-state index in [0.717, 1.165) is 25.3 Å². The Balaban J connectivity index is 1.95. The van der Waals surface area contributed by atoms with Gasteiger partial charge in [-0.05, 0) is 24.4 Å². The van der Waals surface area contributed by atoms with Gasteiger partial charge in [-0.2, -0.15) is 4.68 Å². The molecule has 2 heterocycles. The first-order chi connectivity index (χ1) is 11.7. The van der Waals surface area contributed by atoms with Gasteiger partial charge in [0.2, 0.25) is 11.6 Å². The first-order valence-electron chi connectivity index (χ1n) is 7.88. The number of quaternary nitrogens is 1. The molecule has 0 amide bonds. The lowest BCUT2D eigenvalue weighted by molar-refractivity contribution is -0.911. The molecule has 0 bridgehead atoms. The Morgan fingerprint density at radius 3 is 2.29 bits per heavy atom. The highest BCUT2D eigenvalue weighted by molar-refractivity contribution is 7.71. The molecular weight excluding hydrogens is 330 g/mol. The molecule has 0 aliphatic carbocycles. The van der Waals surface area contributed by atoms with E-state index < -0.39 is 0 Å². The molecule has 7 nitrogen and oxygen atoms in total. The number of aromatic nitrogens is 2. The predicted molar refractivity (Wildman–Crippen MR) is 90.3 cm³/mol. The molecule has 1 aliphatic heterocycles. The summed E-state index contributed by atoms with van der Waals surface area (Å²) in [4.78, 5) is 1.84. The zero-order chi connectivity index (χ0) is 17.1. The van der Waals surface area contributed by atoms with Crippen LogP contribution in [0, 0.1) is 4.84 Å². The topological polar surface area (TPSA) is 63.1 Å². The number of hydrogen-bond acceptors (Lipinski definition) is 6. The van der Waals surface area contributed by atoms with Crippen molar-refractivity contribution in [1.29, 1.82) is 0 Å². The second kappa shape index (κ2) is 7.23. The van der Waals surface area contributed by atoms with Crippen LogP contribution in [-0.2, 0) is 6.67 Å². The third-order valence-electron chi connectivity index (χ3n) is 4.20. The smallest absolute Gasteiger partial charge is 0.292 e. The predicted octanol–water partition coefficient (Wildman–Crippen LogP) is 1.53. The van der Waals surface area contributed by atoms with Gasteiger partial charge in [-0.3, -0.25) is 0 Å². The summed E-state index contributed by atoms with van der Waals surface area (Å²) >= 11 is 5.31. The molecule has 1 saturated heterocycles. The monoisotopic (exact) mass is 352 g/mol. The van der Waals surface area contributed by atoms with Crippen molar-refractivity contribution in [3.8, 4) is 28.7 Å². The average Bonchev–Trinajstić information content (AvgIpc) is 3.24. The van der Waals surface area contributed by atoms with Crippen LogP contribution in [0.3, 0.4) is 0 Å². The maximum Gasteiger partial charge on any atom is 0.292 e. The van der Waals surface area contributed by atoms with Crippen LogP contribution in [0.25, 0.3) is 11.5 Å². The SMILES string of the molecule is COc1cc(-c2nn(C[NH+]3CCCC3)c(=S)o2)cc(OC)c1OC. The molecule has 0 spiro atoms. The van der Waals surface area contributed by atoms with Crippen molar-refractivity contribution < 1.29 is 23.5 Å². The Labute approximate surface area is 145 Å². The fourth-order valence-electron chi connectivity index (χ4n) is 2.97. The number of rotatable bonds is 6. The molecule has 0 radical (unpaired) electrons. The van der Waals surface area contributed by atoms with E-state index in [0.29, 0.717) is 28.0 Å². The number of nitrogens with zero attached hydrogens (tertiary/aromatic N) is 2. The van der Waals surface area contributed by atoms with E-state index in [1.807, 2.05) is 0 Å². The van der Waals surface area contributed by atoms with Gasteiger partial charge >= 0.3 is 0 Å². The van der Waals surface area contributed by atoms with Gasteiger partial charge in [-0.25, -0.2) is 0 Å². The molecule has 1 fully saturated rings. The van der Waals surface area contributed by atoms with Crippen molar-refractivity contribution >= 4 is 12.2 Å². The lowest BCUT2D eigenvalue weighted by atomic mass is 10.2. The fourth-order valence-corrected chi connectivity index (χ4v) is 3.16. The summed E-state index contributed by atoms with van der Waals surface area (Å²) in [5, 5.41) is 4.52. The fraction of sp³-hybridized carbons (Fsp3) is 0.500. The zero-order valence-corrected chi connectivity index (χ0v) is 14.9. The molecule has 24 heavy (non-hydrogen) atoms. The molecule has 1 aliphatic rings. The second-order valence-electron chi connectivity index (χ2n) is 5.70. The second-order valence-corrected chi connectivity index (χ2v) is 6.05. The van der Waals surface area contributed by atoms with Crippen LogP contribution in [0.1, 0.15) is 12.8 Å². The van der Waals surface area contributed by atoms with E-state index >= 15 is 0 Å². The first-order valence-corrected chi connectivity index (χ1v) is 8.29. The summed E-state index contributed by atoms with van der Waals surface area (Å²) < 4.78 is 23.5. The zero-order valence-electron chi connectivity index (χ0n) is 14.1. The summed E-state index contributed by atoms with van der Waals surface area (Å²) in [6, 6.07) is 3.60. The molecule has 1 N–H and O–H groups in total. The molecule has 1 aromatic heterocycles. The number of hydrogen-bond donors (Lipinski definition) is 1. The summed E-state index contributed by atoms with van der Waals surface area (Å²) in [5.41, 5.74) is 0.728. The standard InChI is InChI=1S/C16H21N3O4S/c1-20-12-8-11(9-13(21-2)14(12)22-3)15-17-19(16(24)23-15)10-18-6-4-5-7-18/h8-9H,4-7,10H2,1-3H3/p+1. The quantitative estimate of drug-likeness (QED) is 0.796. The van der Waals surface area contributed by atoms with Crippen LogP contribution in [0.4, 0.5) is 0 Å². The van der Waals surface area contributed by atoms with Gasteiger partial charge in [-0.15, -0.1) is 5.10 Å². The highest BCUT2D eigenvalue weighted by Crippen LogP contribution is 2.40. The van der Waals surface area contributed by atoms with Gasteiger partial charge in [0.15, 0.2) is 18.2 Å². The number of likely N-dealkylation sites (tertiary alicyclic amines) is 1. The minimum atomic E-state index is 0.373. The lowest BCUT2D eigenvalue weighted by Crippen LogP contribution is -3.09. The van der Waals surface area contributed by atoms with E-state index in [1.54, 1.807) is 38.1 Å². The molecule has 130 valence electrons. The number of ether oxygens (including phenoxy) is 3. The van der Waals surface area contributed by atoms with Crippen molar-refractivity contribution in [2.45, 2.75) is 19.5 Å². The van der Waals surface area contributed by atoms with Crippen molar-refractivity contribution in [1.82, 2.24) is 9.78 Å². The maximum absolute atomic E-state index is 5.68. The molecule has 0 unspecified atom stereocenters. The van der Waals surface area contributed by atoms with Gasteiger partial charge in [0.25, 0.3) is 4.84 Å². The number of benzene rings is 1. The Hall–Kier alpha value is -2.06. The highest BCUT2D eigenvalue weighted by Gasteiger charge is 2.20. The van der Waals surface area contributed by atoms with Crippen molar-refractivity contribution in [2.75, 3.05) is 34.4 Å². The van der Waals surface area contributed by atoms with Crippen molar-refractivity contribution in [3.05, 3.63) is 17.0 Å². The average molecular weight is 352 g/mol. The molecule has 3 rings (SSSR count). The summed E-state index contributed by atoms with van der Waals surface area (Å²) in [6.45, 7) is 3.02. The summed E-state index contributed by atoms with van der Waals surface area (Å²) in [5.74, 6) is 2.07. The molecule has 0 atom stereocenters. The highest BCUT2D eigenvalue weighted by atomic mass is 32.1. The maximum atomic E-state index is 5.68. The van der Waals surface area contributed by atoms with Gasteiger partial charge in [0.05, 0.1) is 34.4 Å². The van der Waals surface area contributed by atoms with E-state index in [2.05, 4.69) is 5.10 Å². The number of nitrogens with one attached hydrogen (secondary N) is 1. The van der Waals surface area contributed by atoms with Gasteiger partial charge in [0.1, 0.15) is 0 Å². The summed E-state index contributed by atoms with van der Waals surface area (Å²) in [7, 11) is 4.72. The lowest BCUT2D eigenvalue weighted by Gasteiger charge is -2.12. The Morgan fingerprint density at radius 2 is 1.75 bits per heavy atom. The van der Waals surface area contributed by atoms with E-state index in [9.17, 15) is 0 Å². The van der Waals surface area contributed by atoms with Gasteiger partial charge < -0.3 is 23.5 Å². The van der Waals surface area contributed by atoms with Crippen molar-refractivity contribution in [3.63, 3.8) is 0 Å². The largest absolute Gasteiger partial charge is 0.493 e. The van der Waals surface area contributed by atoms with Crippen molar-refractivity contribution in [2.24, 2.45) is 0 Å². The third-order valence-corrected chi connectivity index (χ3v) is 4.50.